The summed E-state index contributed by atoms with van der Waals surface area (Å²) in [5.41, 5.74) is 0.919. The first-order chi connectivity index (χ1) is 9.42. The smallest absolute Gasteiger partial charge is 0.258 e. The maximum atomic E-state index is 12.2. The zero-order valence-electron chi connectivity index (χ0n) is 11.5. The van der Waals surface area contributed by atoms with E-state index in [1.165, 1.54) is 6.20 Å². The highest BCUT2D eigenvalue weighted by atomic mass is 32.2. The number of benzene rings is 1. The van der Waals surface area contributed by atoms with Crippen molar-refractivity contribution in [2.24, 2.45) is 0 Å². The van der Waals surface area contributed by atoms with E-state index >= 15 is 0 Å². The Morgan fingerprint density at radius 2 is 1.95 bits per heavy atom. The summed E-state index contributed by atoms with van der Waals surface area (Å²) in [4.78, 5) is 7.78. The van der Waals surface area contributed by atoms with Crippen molar-refractivity contribution in [2.75, 3.05) is 6.26 Å². The second-order valence-corrected chi connectivity index (χ2v) is 7.01. The highest BCUT2D eigenvalue weighted by molar-refractivity contribution is 7.98. The molecule has 1 heterocycles. The maximum Gasteiger partial charge on any atom is 0.258 e. The number of rotatable bonds is 5. The topological polar surface area (TPSA) is 74.8 Å². The fraction of sp³-hybridized carbons (Fsp3) is 0.308. The SMILES string of the molecule is CSc1ccc(C(C)NS(=O)(=O)c2cnc(C)[nH]2)cc1. The second kappa shape index (κ2) is 5.99. The molecule has 20 heavy (non-hydrogen) atoms. The number of hydrogen-bond acceptors (Lipinski definition) is 4. The van der Waals surface area contributed by atoms with Crippen molar-refractivity contribution in [1.82, 2.24) is 14.7 Å². The molecule has 2 N–H and O–H groups in total. The molecule has 0 radical (unpaired) electrons. The van der Waals surface area contributed by atoms with Crippen molar-refractivity contribution in [2.45, 2.75) is 29.8 Å². The Bertz CT molecular complexity index is 678. The third-order valence-electron chi connectivity index (χ3n) is 2.92. The van der Waals surface area contributed by atoms with Gasteiger partial charge in [0.15, 0.2) is 5.03 Å². The standard InChI is InChI=1S/C13H17N3O2S2/c1-9(11-4-6-12(19-3)7-5-11)16-20(17,18)13-8-14-10(2)15-13/h4-9,16H,1-3H3,(H,14,15). The number of aryl methyl sites for hydroxylation is 1. The van der Waals surface area contributed by atoms with Gasteiger partial charge in [0, 0.05) is 10.9 Å². The third-order valence-corrected chi connectivity index (χ3v) is 5.11. The average molecular weight is 311 g/mol. The zero-order chi connectivity index (χ0) is 14.8. The monoisotopic (exact) mass is 311 g/mol. The first-order valence-electron chi connectivity index (χ1n) is 6.10. The third kappa shape index (κ3) is 3.41. The molecule has 0 saturated heterocycles. The Morgan fingerprint density at radius 3 is 2.45 bits per heavy atom. The Kier molecular flexibility index (Phi) is 4.52. The molecular formula is C13H17N3O2S2. The molecule has 1 atom stereocenters. The summed E-state index contributed by atoms with van der Waals surface area (Å²) in [5, 5.41) is 0.0857. The van der Waals surface area contributed by atoms with E-state index in [1.54, 1.807) is 18.7 Å². The Labute approximate surface area is 123 Å². The summed E-state index contributed by atoms with van der Waals surface area (Å²) in [7, 11) is -3.58. The molecule has 108 valence electrons. The van der Waals surface area contributed by atoms with Crippen LogP contribution in [0.4, 0.5) is 0 Å². The fourth-order valence-corrected chi connectivity index (χ4v) is 3.40. The van der Waals surface area contributed by atoms with Gasteiger partial charge in [0.25, 0.3) is 10.0 Å². The van der Waals surface area contributed by atoms with Crippen molar-refractivity contribution in [3.63, 3.8) is 0 Å². The number of aromatic amines is 1. The van der Waals surface area contributed by atoms with Crippen LogP contribution in [0, 0.1) is 6.92 Å². The van der Waals surface area contributed by atoms with E-state index in [2.05, 4.69) is 14.7 Å². The maximum absolute atomic E-state index is 12.2. The first-order valence-corrected chi connectivity index (χ1v) is 8.81. The molecule has 0 spiro atoms. The minimum Gasteiger partial charge on any atom is -0.332 e. The lowest BCUT2D eigenvalue weighted by Crippen LogP contribution is -2.27. The highest BCUT2D eigenvalue weighted by Crippen LogP contribution is 2.20. The summed E-state index contributed by atoms with van der Waals surface area (Å²) in [6.07, 6.45) is 3.32. The Morgan fingerprint density at radius 1 is 1.30 bits per heavy atom. The number of nitrogens with zero attached hydrogens (tertiary/aromatic N) is 1. The minimum atomic E-state index is -3.58. The molecular weight excluding hydrogens is 294 g/mol. The number of imidazole rings is 1. The minimum absolute atomic E-state index is 0.0857. The van der Waals surface area contributed by atoms with Gasteiger partial charge in [0.05, 0.1) is 6.20 Å². The van der Waals surface area contributed by atoms with E-state index in [-0.39, 0.29) is 11.1 Å². The summed E-state index contributed by atoms with van der Waals surface area (Å²) >= 11 is 1.65. The molecule has 2 aromatic rings. The molecule has 1 aromatic heterocycles. The predicted molar refractivity (Wildman–Crippen MR) is 80.3 cm³/mol. The molecule has 0 saturated carbocycles. The van der Waals surface area contributed by atoms with Crippen LogP contribution < -0.4 is 4.72 Å². The lowest BCUT2D eigenvalue weighted by Gasteiger charge is -2.14. The van der Waals surface area contributed by atoms with Gasteiger partial charge in [0.2, 0.25) is 0 Å². The number of nitrogens with one attached hydrogen (secondary N) is 2. The van der Waals surface area contributed by atoms with E-state index in [9.17, 15) is 8.42 Å². The zero-order valence-corrected chi connectivity index (χ0v) is 13.2. The quantitative estimate of drug-likeness (QED) is 0.832. The van der Waals surface area contributed by atoms with Crippen LogP contribution in [0.15, 0.2) is 40.4 Å². The highest BCUT2D eigenvalue weighted by Gasteiger charge is 2.20. The molecule has 0 aliphatic carbocycles. The van der Waals surface area contributed by atoms with Gasteiger partial charge in [-0.1, -0.05) is 12.1 Å². The molecule has 7 heteroatoms. The van der Waals surface area contributed by atoms with Crippen LogP contribution in [-0.2, 0) is 10.0 Å². The summed E-state index contributed by atoms with van der Waals surface area (Å²) in [6.45, 7) is 3.53. The van der Waals surface area contributed by atoms with Crippen LogP contribution in [0.2, 0.25) is 0 Å². The van der Waals surface area contributed by atoms with Crippen molar-refractivity contribution in [3.05, 3.63) is 41.9 Å². The van der Waals surface area contributed by atoms with Crippen LogP contribution in [0.1, 0.15) is 24.4 Å². The molecule has 0 aliphatic rings. The van der Waals surface area contributed by atoms with E-state index < -0.39 is 10.0 Å². The van der Waals surface area contributed by atoms with Crippen molar-refractivity contribution < 1.29 is 8.42 Å². The van der Waals surface area contributed by atoms with Crippen molar-refractivity contribution in [1.29, 1.82) is 0 Å². The lowest BCUT2D eigenvalue weighted by molar-refractivity contribution is 0.563. The van der Waals surface area contributed by atoms with Gasteiger partial charge in [-0.15, -0.1) is 11.8 Å². The van der Waals surface area contributed by atoms with Gasteiger partial charge in [-0.25, -0.2) is 18.1 Å². The summed E-state index contributed by atoms with van der Waals surface area (Å²) in [6, 6.07) is 7.50. The van der Waals surface area contributed by atoms with E-state index in [4.69, 9.17) is 0 Å². The number of sulfonamides is 1. The molecule has 0 aliphatic heterocycles. The molecule has 1 unspecified atom stereocenters. The lowest BCUT2D eigenvalue weighted by atomic mass is 10.1. The molecule has 0 fully saturated rings. The van der Waals surface area contributed by atoms with Crippen molar-refractivity contribution >= 4 is 21.8 Å². The number of H-pyrrole nitrogens is 1. The Balaban J connectivity index is 2.15. The molecule has 2 rings (SSSR count). The van der Waals surface area contributed by atoms with Gasteiger partial charge in [0.1, 0.15) is 5.82 Å². The van der Waals surface area contributed by atoms with Crippen LogP contribution in [-0.4, -0.2) is 24.6 Å². The van der Waals surface area contributed by atoms with Gasteiger partial charge >= 0.3 is 0 Å². The van der Waals surface area contributed by atoms with Gasteiger partial charge in [-0.05, 0) is 37.8 Å². The van der Waals surface area contributed by atoms with Gasteiger partial charge in [-0.2, -0.15) is 0 Å². The summed E-state index contributed by atoms with van der Waals surface area (Å²) in [5.74, 6) is 0.572. The number of thioether (sulfide) groups is 1. The van der Waals surface area contributed by atoms with E-state index in [0.29, 0.717) is 5.82 Å². The predicted octanol–water partition coefficient (Wildman–Crippen LogP) is 2.48. The summed E-state index contributed by atoms with van der Waals surface area (Å²) < 4.78 is 27.0. The first kappa shape index (κ1) is 15.1. The van der Waals surface area contributed by atoms with E-state index in [1.807, 2.05) is 37.4 Å². The van der Waals surface area contributed by atoms with Crippen LogP contribution in [0.5, 0.6) is 0 Å². The number of aromatic nitrogens is 2. The van der Waals surface area contributed by atoms with Gasteiger partial charge in [-0.3, -0.25) is 0 Å². The molecule has 0 amide bonds. The average Bonchev–Trinajstić information content (AvgIpc) is 2.86. The normalized spacial score (nSPS) is 13.3. The van der Waals surface area contributed by atoms with E-state index in [0.717, 1.165) is 10.5 Å². The van der Waals surface area contributed by atoms with Crippen LogP contribution in [0.3, 0.4) is 0 Å². The largest absolute Gasteiger partial charge is 0.332 e. The van der Waals surface area contributed by atoms with Crippen LogP contribution >= 0.6 is 11.8 Å². The molecule has 5 nitrogen and oxygen atoms in total. The van der Waals surface area contributed by atoms with Crippen LogP contribution in [0.25, 0.3) is 0 Å². The number of hydrogen-bond donors (Lipinski definition) is 2. The Hall–Kier alpha value is -1.31. The fourth-order valence-electron chi connectivity index (χ4n) is 1.79. The molecule has 1 aromatic carbocycles. The molecule has 0 bridgehead atoms. The van der Waals surface area contributed by atoms with Gasteiger partial charge < -0.3 is 4.98 Å². The second-order valence-electron chi connectivity index (χ2n) is 4.45. The van der Waals surface area contributed by atoms with Crippen molar-refractivity contribution in [3.8, 4) is 0 Å².